The molecule has 5 heterocycles. The monoisotopic (exact) mass is 618 g/mol. The highest BCUT2D eigenvalue weighted by molar-refractivity contribution is 6.32. The maximum absolute atomic E-state index is 13.0. The lowest BCUT2D eigenvalue weighted by atomic mass is 10.1. The van der Waals surface area contributed by atoms with Gasteiger partial charge in [0.1, 0.15) is 11.9 Å². The van der Waals surface area contributed by atoms with E-state index in [9.17, 15) is 14.4 Å². The molecule has 4 aromatic rings. The molecule has 1 aliphatic carbocycles. The smallest absolute Gasteiger partial charge is 0.410 e. The van der Waals surface area contributed by atoms with E-state index < -0.39 is 5.60 Å². The fourth-order valence-electron chi connectivity index (χ4n) is 6.81. The number of hydrogen-bond acceptors (Lipinski definition) is 7. The zero-order valence-electron chi connectivity index (χ0n) is 25.4. The molecular weight excluding hydrogens is 584 g/mol. The molecule has 1 aromatic carbocycles. The summed E-state index contributed by atoms with van der Waals surface area (Å²) in [7, 11) is 0. The van der Waals surface area contributed by atoms with E-state index in [0.29, 0.717) is 37.0 Å². The first-order valence-corrected chi connectivity index (χ1v) is 15.3. The number of nitrogens with zero attached hydrogens (tertiary/aromatic N) is 6. The van der Waals surface area contributed by atoms with Crippen LogP contribution in [0, 0.1) is 17.3 Å². The Balaban J connectivity index is 1.19. The molecule has 3 atom stereocenters. The number of hydrogen-bond donors (Lipinski definition) is 0. The summed E-state index contributed by atoms with van der Waals surface area (Å²) in [5.74, 6) is -0.647. The van der Waals surface area contributed by atoms with Crippen LogP contribution in [0.3, 0.4) is 0 Å². The molecule has 0 radical (unpaired) electrons. The molecule has 0 bridgehead atoms. The van der Waals surface area contributed by atoms with Crippen molar-refractivity contribution < 1.29 is 23.9 Å². The minimum atomic E-state index is -0.575. The number of imide groups is 1. The Kier molecular flexibility index (Phi) is 6.56. The van der Waals surface area contributed by atoms with Crippen LogP contribution in [0.15, 0.2) is 43.0 Å². The van der Waals surface area contributed by atoms with Crippen molar-refractivity contribution >= 4 is 45.9 Å². The summed E-state index contributed by atoms with van der Waals surface area (Å²) in [6.45, 7) is 11.5. The molecule has 2 aliphatic heterocycles. The van der Waals surface area contributed by atoms with E-state index in [0.717, 1.165) is 27.5 Å². The van der Waals surface area contributed by atoms with Crippen molar-refractivity contribution in [1.29, 1.82) is 0 Å². The largest absolute Gasteiger partial charge is 0.444 e. The molecule has 3 fully saturated rings. The third-order valence-electron chi connectivity index (χ3n) is 8.97. The van der Waals surface area contributed by atoms with Crippen molar-refractivity contribution in [2.75, 3.05) is 19.7 Å². The van der Waals surface area contributed by atoms with Gasteiger partial charge in [0.2, 0.25) is 11.8 Å². The lowest BCUT2D eigenvalue weighted by molar-refractivity contribution is -0.143. The van der Waals surface area contributed by atoms with Gasteiger partial charge in [-0.1, -0.05) is 25.4 Å². The predicted octanol–water partition coefficient (Wildman–Crippen LogP) is 4.78. The quantitative estimate of drug-likeness (QED) is 0.296. The van der Waals surface area contributed by atoms with E-state index >= 15 is 0 Å². The minimum absolute atomic E-state index is 0.101. The number of carbonyl (C=O) groups excluding carboxylic acids is 3. The van der Waals surface area contributed by atoms with Crippen LogP contribution in [0.2, 0.25) is 5.02 Å². The molecule has 230 valence electrons. The summed E-state index contributed by atoms with van der Waals surface area (Å²) in [4.78, 5) is 46.4. The first-order valence-electron chi connectivity index (χ1n) is 14.9. The zero-order chi connectivity index (χ0) is 31.1. The predicted molar refractivity (Wildman–Crippen MR) is 163 cm³/mol. The van der Waals surface area contributed by atoms with Crippen molar-refractivity contribution in [1.82, 2.24) is 29.0 Å². The standard InChI is InChI=1S/C32H35ClN6O5/c1-31(2,3)44-30(42)37-8-9-43-21(16-37)15-36-7-6-19-11-20(33)12-22(27(19)36)26-23-10-18(14-39(23)35-17-34-26)13-38-28(40)24-25(29(38)41)32(24,4)5/h6-7,10-12,14,17,21,24-25H,8-9,13,15-16H2,1-5H3/t21-,24?,25?/m1/s1. The molecule has 0 N–H and O–H groups in total. The number of rotatable bonds is 5. The van der Waals surface area contributed by atoms with Crippen molar-refractivity contribution in [2.45, 2.75) is 59.4 Å². The average Bonchev–Trinajstić information content (AvgIpc) is 3.29. The third-order valence-corrected chi connectivity index (χ3v) is 9.18. The Labute approximate surface area is 259 Å². The molecule has 1 saturated carbocycles. The second-order valence-electron chi connectivity index (χ2n) is 13.6. The summed E-state index contributed by atoms with van der Waals surface area (Å²) in [5.41, 5.74) is 3.09. The molecule has 3 aliphatic rings. The topological polar surface area (TPSA) is 111 Å². The zero-order valence-corrected chi connectivity index (χ0v) is 26.2. The van der Waals surface area contributed by atoms with Gasteiger partial charge in [-0.2, -0.15) is 5.10 Å². The van der Waals surface area contributed by atoms with Crippen LogP contribution in [0.5, 0.6) is 0 Å². The van der Waals surface area contributed by atoms with E-state index in [1.54, 1.807) is 9.42 Å². The molecule has 2 unspecified atom stereocenters. The number of ether oxygens (including phenoxy) is 2. The third kappa shape index (κ3) is 4.82. The van der Waals surface area contributed by atoms with Crippen LogP contribution in [-0.2, 0) is 32.2 Å². The SMILES string of the molecule is CC(C)(C)OC(=O)N1CCO[C@H](Cn2ccc3cc(Cl)cc(-c4ncnn5cc(CN6C(=O)C7C(C6=O)C7(C)C)cc45)c32)C1. The van der Waals surface area contributed by atoms with Crippen molar-refractivity contribution in [2.24, 2.45) is 17.3 Å². The van der Waals surface area contributed by atoms with Crippen LogP contribution in [0.4, 0.5) is 4.79 Å². The summed E-state index contributed by atoms with van der Waals surface area (Å²) in [5, 5.41) is 5.91. The summed E-state index contributed by atoms with van der Waals surface area (Å²) < 4.78 is 15.5. The highest BCUT2D eigenvalue weighted by Gasteiger charge is 2.72. The second-order valence-corrected chi connectivity index (χ2v) is 14.0. The summed E-state index contributed by atoms with van der Waals surface area (Å²) in [6.07, 6.45) is 4.71. The Morgan fingerprint density at radius 3 is 2.64 bits per heavy atom. The molecule has 11 nitrogen and oxygen atoms in total. The van der Waals surface area contributed by atoms with Gasteiger partial charge in [0, 0.05) is 34.9 Å². The van der Waals surface area contributed by atoms with Gasteiger partial charge in [-0.25, -0.2) is 14.3 Å². The van der Waals surface area contributed by atoms with E-state index in [2.05, 4.69) is 14.6 Å². The molecule has 2 saturated heterocycles. The van der Waals surface area contributed by atoms with E-state index in [-0.39, 0.29) is 47.8 Å². The van der Waals surface area contributed by atoms with Crippen LogP contribution >= 0.6 is 11.6 Å². The van der Waals surface area contributed by atoms with Crippen LogP contribution < -0.4 is 0 Å². The van der Waals surface area contributed by atoms with Gasteiger partial charge in [-0.15, -0.1) is 0 Å². The highest BCUT2D eigenvalue weighted by Crippen LogP contribution is 2.63. The number of piperidine rings is 1. The van der Waals surface area contributed by atoms with Gasteiger partial charge in [0.25, 0.3) is 0 Å². The van der Waals surface area contributed by atoms with E-state index in [1.807, 2.05) is 71.3 Å². The Morgan fingerprint density at radius 1 is 1.16 bits per heavy atom. The first kappa shape index (κ1) is 28.8. The summed E-state index contributed by atoms with van der Waals surface area (Å²) >= 11 is 6.60. The number of aromatic nitrogens is 4. The van der Waals surface area contributed by atoms with Gasteiger partial charge in [0.05, 0.1) is 60.9 Å². The molecule has 3 aromatic heterocycles. The van der Waals surface area contributed by atoms with Crippen LogP contribution in [-0.4, -0.2) is 78.3 Å². The molecule has 7 rings (SSSR count). The second kappa shape index (κ2) is 10.0. The van der Waals surface area contributed by atoms with Gasteiger partial charge in [0.15, 0.2) is 0 Å². The van der Waals surface area contributed by atoms with Gasteiger partial charge >= 0.3 is 6.09 Å². The summed E-state index contributed by atoms with van der Waals surface area (Å²) in [6, 6.07) is 7.71. The van der Waals surface area contributed by atoms with E-state index in [1.165, 1.54) is 11.2 Å². The maximum atomic E-state index is 13.0. The fourth-order valence-corrected chi connectivity index (χ4v) is 7.03. The van der Waals surface area contributed by atoms with Crippen molar-refractivity contribution in [3.8, 4) is 11.3 Å². The molecule has 3 amide bonds. The van der Waals surface area contributed by atoms with Crippen LogP contribution in [0.1, 0.15) is 40.2 Å². The molecular formula is C32H35ClN6O5. The lowest BCUT2D eigenvalue weighted by Gasteiger charge is -2.34. The Hall–Kier alpha value is -3.96. The normalized spacial score (nSPS) is 23.1. The van der Waals surface area contributed by atoms with Gasteiger partial charge < -0.3 is 18.9 Å². The van der Waals surface area contributed by atoms with Crippen molar-refractivity contribution in [3.63, 3.8) is 0 Å². The molecule has 12 heteroatoms. The van der Waals surface area contributed by atoms with Crippen LogP contribution in [0.25, 0.3) is 27.7 Å². The van der Waals surface area contributed by atoms with E-state index in [4.69, 9.17) is 21.1 Å². The fraction of sp³-hybridized carbons (Fsp3) is 0.469. The average molecular weight is 619 g/mol. The maximum Gasteiger partial charge on any atom is 0.410 e. The number of halogens is 1. The van der Waals surface area contributed by atoms with Crippen molar-refractivity contribution in [3.05, 3.63) is 53.6 Å². The van der Waals surface area contributed by atoms with Gasteiger partial charge in [-0.05, 0) is 56.0 Å². The number of amides is 3. The highest BCUT2D eigenvalue weighted by atomic mass is 35.5. The molecule has 0 spiro atoms. The minimum Gasteiger partial charge on any atom is -0.444 e. The number of benzene rings is 1. The Bertz CT molecular complexity index is 1810. The molecule has 44 heavy (non-hydrogen) atoms. The number of fused-ring (bicyclic) bond motifs is 3. The number of likely N-dealkylation sites (tertiary alicyclic amines) is 1. The number of morpholine rings is 1. The Morgan fingerprint density at radius 2 is 1.91 bits per heavy atom. The lowest BCUT2D eigenvalue weighted by Crippen LogP contribution is -2.48. The van der Waals surface area contributed by atoms with Gasteiger partial charge in [-0.3, -0.25) is 14.5 Å². The number of carbonyl (C=O) groups is 3. The first-order chi connectivity index (χ1) is 20.8.